The highest BCUT2D eigenvalue weighted by atomic mass is 35.7. The van der Waals surface area contributed by atoms with Gasteiger partial charge in [-0.15, -0.1) is 0 Å². The van der Waals surface area contributed by atoms with E-state index >= 15 is 0 Å². The van der Waals surface area contributed by atoms with Crippen molar-refractivity contribution in [2.75, 3.05) is 19.0 Å². The fraction of sp³-hybridized carbons (Fsp3) is 1.00. The van der Waals surface area contributed by atoms with E-state index in [1.165, 1.54) is 0 Å². The first-order valence-corrected chi connectivity index (χ1v) is 8.67. The van der Waals surface area contributed by atoms with Gasteiger partial charge in [0.2, 0.25) is 9.05 Å². The van der Waals surface area contributed by atoms with Crippen molar-refractivity contribution in [3.63, 3.8) is 0 Å². The highest BCUT2D eigenvalue weighted by Crippen LogP contribution is 2.38. The summed E-state index contributed by atoms with van der Waals surface area (Å²) in [5.74, 6) is -0.229. The number of alkyl halides is 3. The number of hydrogen-bond acceptors (Lipinski definition) is 3. The van der Waals surface area contributed by atoms with Crippen LogP contribution in [-0.4, -0.2) is 33.6 Å². The topological polar surface area (TPSA) is 43.4 Å². The molecule has 0 aromatic carbocycles. The van der Waals surface area contributed by atoms with Gasteiger partial charge in [0, 0.05) is 16.1 Å². The van der Waals surface area contributed by atoms with Crippen LogP contribution in [0.1, 0.15) is 38.5 Å². The summed E-state index contributed by atoms with van der Waals surface area (Å²) in [5, 5.41) is 0. The lowest BCUT2D eigenvalue weighted by atomic mass is 9.76. The van der Waals surface area contributed by atoms with Gasteiger partial charge in [-0.2, -0.15) is 13.2 Å². The second-order valence-corrected chi connectivity index (χ2v) is 7.94. The highest BCUT2D eigenvalue weighted by Gasteiger charge is 2.37. The van der Waals surface area contributed by atoms with Gasteiger partial charge >= 0.3 is 6.18 Å². The molecule has 19 heavy (non-hydrogen) atoms. The fourth-order valence-electron chi connectivity index (χ4n) is 2.47. The van der Waals surface area contributed by atoms with E-state index in [-0.39, 0.29) is 12.4 Å². The Bertz CT molecular complexity index is 375. The Morgan fingerprint density at radius 3 is 2.21 bits per heavy atom. The van der Waals surface area contributed by atoms with Crippen LogP contribution in [-0.2, 0) is 13.8 Å². The molecule has 0 heterocycles. The first-order valence-electron chi connectivity index (χ1n) is 6.19. The Morgan fingerprint density at radius 1 is 1.16 bits per heavy atom. The first-order chi connectivity index (χ1) is 8.62. The zero-order valence-corrected chi connectivity index (χ0v) is 12.1. The molecule has 0 aromatic heterocycles. The van der Waals surface area contributed by atoms with E-state index in [2.05, 4.69) is 0 Å². The highest BCUT2D eigenvalue weighted by molar-refractivity contribution is 8.13. The molecule has 0 radical (unpaired) electrons. The minimum Gasteiger partial charge on any atom is -0.380 e. The quantitative estimate of drug-likeness (QED) is 0.555. The van der Waals surface area contributed by atoms with Crippen molar-refractivity contribution in [1.29, 1.82) is 0 Å². The molecule has 8 heteroatoms. The standard InChI is InChI=1S/C11H18ClF3O3S/c12-19(16,17)9-10(4-2-1-3-5-10)8-18-7-6-11(13,14)15/h1-9H2. The Hall–Kier alpha value is -0.0100. The Balaban J connectivity index is 2.51. The number of ether oxygens (including phenoxy) is 1. The van der Waals surface area contributed by atoms with E-state index in [1.54, 1.807) is 0 Å². The lowest BCUT2D eigenvalue weighted by Gasteiger charge is -2.36. The lowest BCUT2D eigenvalue weighted by Crippen LogP contribution is -2.36. The third-order valence-electron chi connectivity index (χ3n) is 3.33. The van der Waals surface area contributed by atoms with Crippen molar-refractivity contribution in [3.8, 4) is 0 Å². The maximum absolute atomic E-state index is 12.0. The molecule has 1 rings (SSSR count). The second-order valence-electron chi connectivity index (χ2n) is 5.16. The molecule has 0 atom stereocenters. The summed E-state index contributed by atoms with van der Waals surface area (Å²) in [6.07, 6.45) is -1.29. The van der Waals surface area contributed by atoms with Crippen molar-refractivity contribution in [2.24, 2.45) is 5.41 Å². The summed E-state index contributed by atoms with van der Waals surface area (Å²) in [6, 6.07) is 0. The van der Waals surface area contributed by atoms with Gasteiger partial charge < -0.3 is 4.74 Å². The van der Waals surface area contributed by atoms with Crippen LogP contribution in [0.15, 0.2) is 0 Å². The molecule has 0 saturated heterocycles. The summed E-state index contributed by atoms with van der Waals surface area (Å²) in [7, 11) is 1.60. The SMILES string of the molecule is O=S(=O)(Cl)CC1(COCCC(F)(F)F)CCCCC1. The predicted octanol–water partition coefficient (Wildman–Crippen LogP) is 3.47. The molecule has 0 N–H and O–H groups in total. The zero-order valence-electron chi connectivity index (χ0n) is 10.5. The van der Waals surface area contributed by atoms with Crippen LogP contribution in [0, 0.1) is 5.41 Å². The van der Waals surface area contributed by atoms with Gasteiger partial charge in [-0.3, -0.25) is 0 Å². The van der Waals surface area contributed by atoms with Gasteiger partial charge in [-0.25, -0.2) is 8.42 Å². The molecular formula is C11H18ClF3O3S. The summed E-state index contributed by atoms with van der Waals surface area (Å²) >= 11 is 0. The smallest absolute Gasteiger partial charge is 0.380 e. The van der Waals surface area contributed by atoms with Crippen LogP contribution in [0.25, 0.3) is 0 Å². The summed E-state index contributed by atoms with van der Waals surface area (Å²) in [4.78, 5) is 0. The van der Waals surface area contributed by atoms with E-state index in [9.17, 15) is 21.6 Å². The zero-order chi connectivity index (χ0) is 14.6. The van der Waals surface area contributed by atoms with Gasteiger partial charge in [0.1, 0.15) is 0 Å². The van der Waals surface area contributed by atoms with Gasteiger partial charge in [0.25, 0.3) is 0 Å². The third kappa shape index (κ3) is 7.37. The van der Waals surface area contributed by atoms with E-state index in [4.69, 9.17) is 15.4 Å². The molecule has 0 aromatic rings. The second kappa shape index (κ2) is 6.63. The van der Waals surface area contributed by atoms with Gasteiger partial charge in [0.05, 0.1) is 25.4 Å². The number of hydrogen-bond donors (Lipinski definition) is 0. The largest absolute Gasteiger partial charge is 0.391 e. The van der Waals surface area contributed by atoms with Crippen LogP contribution in [0.5, 0.6) is 0 Å². The molecule has 0 unspecified atom stereocenters. The fourth-order valence-corrected chi connectivity index (χ4v) is 4.27. The third-order valence-corrected chi connectivity index (χ3v) is 4.62. The predicted molar refractivity (Wildman–Crippen MR) is 66.6 cm³/mol. The first kappa shape index (κ1) is 17.0. The Kier molecular flexibility index (Phi) is 5.95. The van der Waals surface area contributed by atoms with Crippen LogP contribution < -0.4 is 0 Å². The molecule has 0 aliphatic heterocycles. The van der Waals surface area contributed by atoms with Crippen LogP contribution in [0.3, 0.4) is 0 Å². The average Bonchev–Trinajstić information content (AvgIpc) is 2.22. The molecule has 0 bridgehead atoms. The monoisotopic (exact) mass is 322 g/mol. The van der Waals surface area contributed by atoms with Crippen molar-refractivity contribution < 1.29 is 26.3 Å². The van der Waals surface area contributed by atoms with Crippen LogP contribution in [0.4, 0.5) is 13.2 Å². The minimum atomic E-state index is -4.25. The van der Waals surface area contributed by atoms with E-state index in [0.29, 0.717) is 12.8 Å². The van der Waals surface area contributed by atoms with Crippen molar-refractivity contribution in [2.45, 2.75) is 44.7 Å². The average molecular weight is 323 g/mol. The van der Waals surface area contributed by atoms with Crippen LogP contribution >= 0.6 is 10.7 Å². The van der Waals surface area contributed by atoms with E-state index in [0.717, 1.165) is 19.3 Å². The van der Waals surface area contributed by atoms with Crippen molar-refractivity contribution in [1.82, 2.24) is 0 Å². The molecule has 1 aliphatic rings. The van der Waals surface area contributed by atoms with Crippen molar-refractivity contribution in [3.05, 3.63) is 0 Å². The summed E-state index contributed by atoms with van der Waals surface area (Å²) < 4.78 is 63.5. The molecule has 0 amide bonds. The molecular weight excluding hydrogens is 305 g/mol. The number of halogens is 4. The molecule has 114 valence electrons. The Labute approximate surface area is 115 Å². The maximum atomic E-state index is 12.0. The van der Waals surface area contributed by atoms with Crippen LogP contribution in [0.2, 0.25) is 0 Å². The van der Waals surface area contributed by atoms with Gasteiger partial charge in [-0.1, -0.05) is 19.3 Å². The summed E-state index contributed by atoms with van der Waals surface area (Å²) in [6.45, 7) is -0.414. The number of rotatable bonds is 6. The molecule has 0 spiro atoms. The molecule has 1 aliphatic carbocycles. The Morgan fingerprint density at radius 2 is 1.74 bits per heavy atom. The molecule has 1 fully saturated rings. The van der Waals surface area contributed by atoms with E-state index < -0.39 is 33.7 Å². The molecule has 3 nitrogen and oxygen atoms in total. The minimum absolute atomic E-state index is 0.0228. The van der Waals surface area contributed by atoms with Crippen molar-refractivity contribution >= 4 is 19.7 Å². The van der Waals surface area contributed by atoms with E-state index in [1.807, 2.05) is 0 Å². The van der Waals surface area contributed by atoms with Gasteiger partial charge in [0.15, 0.2) is 0 Å². The van der Waals surface area contributed by atoms with Gasteiger partial charge in [-0.05, 0) is 12.8 Å². The normalized spacial score (nSPS) is 20.4. The maximum Gasteiger partial charge on any atom is 0.391 e. The lowest BCUT2D eigenvalue weighted by molar-refractivity contribution is -0.147. The molecule has 1 saturated carbocycles. The summed E-state index contributed by atoms with van der Waals surface area (Å²) in [5.41, 5.74) is -0.621.